The molecule has 33 heavy (non-hydrogen) atoms. The van der Waals surface area contributed by atoms with Crippen molar-refractivity contribution in [3.63, 3.8) is 0 Å². The molecule has 0 saturated carbocycles. The number of hydrogen-bond donors (Lipinski definition) is 2. The minimum atomic E-state index is -0.288. The number of nitrogens with zero attached hydrogens (tertiary/aromatic N) is 2. The fraction of sp³-hybridized carbons (Fsp3) is 0.0800. The molecule has 0 atom stereocenters. The van der Waals surface area contributed by atoms with Crippen molar-refractivity contribution in [2.45, 2.75) is 13.0 Å². The molecule has 0 aliphatic carbocycles. The van der Waals surface area contributed by atoms with E-state index in [0.29, 0.717) is 46.4 Å². The molecule has 4 rings (SSSR count). The number of imidazole rings is 1. The van der Waals surface area contributed by atoms with E-state index in [-0.39, 0.29) is 11.8 Å². The Morgan fingerprint density at radius 3 is 2.52 bits per heavy atom. The second kappa shape index (κ2) is 10.5. The summed E-state index contributed by atoms with van der Waals surface area (Å²) >= 11 is 6.12. The molecule has 7 nitrogen and oxygen atoms in total. The van der Waals surface area contributed by atoms with Gasteiger partial charge in [0.15, 0.2) is 0 Å². The van der Waals surface area contributed by atoms with Gasteiger partial charge in [0.25, 0.3) is 5.91 Å². The summed E-state index contributed by atoms with van der Waals surface area (Å²) in [6.07, 6.45) is 5.43. The summed E-state index contributed by atoms with van der Waals surface area (Å²) in [5.41, 5.74) is 1.60. The Kier molecular flexibility index (Phi) is 7.02. The average molecular weight is 461 g/mol. The van der Waals surface area contributed by atoms with Crippen molar-refractivity contribution in [1.82, 2.24) is 9.55 Å². The van der Waals surface area contributed by atoms with Crippen LogP contribution in [0.2, 0.25) is 5.02 Å². The first-order valence-corrected chi connectivity index (χ1v) is 10.6. The van der Waals surface area contributed by atoms with Gasteiger partial charge < -0.3 is 19.9 Å². The molecule has 0 aliphatic heterocycles. The highest BCUT2D eigenvalue weighted by Crippen LogP contribution is 2.29. The average Bonchev–Trinajstić information content (AvgIpc) is 3.34. The van der Waals surface area contributed by atoms with Crippen LogP contribution in [0.3, 0.4) is 0 Å². The van der Waals surface area contributed by atoms with Crippen LogP contribution in [0.5, 0.6) is 11.5 Å². The molecule has 0 unspecified atom stereocenters. The van der Waals surface area contributed by atoms with Gasteiger partial charge in [0.05, 0.1) is 11.3 Å². The highest BCUT2D eigenvalue weighted by atomic mass is 35.5. The molecule has 1 heterocycles. The lowest BCUT2D eigenvalue weighted by molar-refractivity contribution is -0.116. The van der Waals surface area contributed by atoms with Crippen LogP contribution in [-0.2, 0) is 11.3 Å². The van der Waals surface area contributed by atoms with E-state index in [1.165, 1.54) is 0 Å². The Balaban J connectivity index is 1.33. The predicted octanol–water partition coefficient (Wildman–Crippen LogP) is 5.61. The van der Waals surface area contributed by atoms with Crippen LogP contribution in [0.25, 0.3) is 0 Å². The Morgan fingerprint density at radius 2 is 1.76 bits per heavy atom. The molecule has 2 N–H and O–H groups in total. The quantitative estimate of drug-likeness (QED) is 0.358. The van der Waals surface area contributed by atoms with Crippen molar-refractivity contribution in [3.05, 3.63) is 102 Å². The molecule has 0 fully saturated rings. The number of aromatic nitrogens is 2. The van der Waals surface area contributed by atoms with Crippen LogP contribution in [-0.4, -0.2) is 21.4 Å². The van der Waals surface area contributed by atoms with Crippen molar-refractivity contribution in [2.24, 2.45) is 0 Å². The van der Waals surface area contributed by atoms with Gasteiger partial charge in [0.2, 0.25) is 5.91 Å². The van der Waals surface area contributed by atoms with Gasteiger partial charge in [-0.1, -0.05) is 29.8 Å². The number of amides is 2. The Hall–Kier alpha value is -4.10. The topological polar surface area (TPSA) is 85.2 Å². The van der Waals surface area contributed by atoms with E-state index < -0.39 is 0 Å². The number of rotatable bonds is 8. The van der Waals surface area contributed by atoms with Crippen LogP contribution in [0, 0.1) is 0 Å². The standard InChI is InChI=1S/C25H21ClN4O3/c26-22-6-1-2-7-23(22)33-21-10-8-19(9-11-21)29-25(32)18-4-3-5-20(16-18)28-24(31)12-14-30-15-13-27-17-30/h1-11,13,15-17H,12,14H2,(H,28,31)(H,29,32). The van der Waals surface area contributed by atoms with Crippen LogP contribution >= 0.6 is 11.6 Å². The van der Waals surface area contributed by atoms with Crippen molar-refractivity contribution >= 4 is 34.8 Å². The first-order chi connectivity index (χ1) is 16.1. The molecule has 4 aromatic rings. The van der Waals surface area contributed by atoms with E-state index in [2.05, 4.69) is 15.6 Å². The summed E-state index contributed by atoms with van der Waals surface area (Å²) < 4.78 is 7.59. The molecule has 0 radical (unpaired) electrons. The number of aryl methyl sites for hydroxylation is 1. The van der Waals surface area contributed by atoms with Gasteiger partial charge in [0, 0.05) is 42.3 Å². The van der Waals surface area contributed by atoms with Gasteiger partial charge in [-0.25, -0.2) is 4.98 Å². The van der Waals surface area contributed by atoms with Crippen molar-refractivity contribution in [2.75, 3.05) is 10.6 Å². The zero-order valence-corrected chi connectivity index (χ0v) is 18.3. The highest BCUT2D eigenvalue weighted by molar-refractivity contribution is 6.32. The summed E-state index contributed by atoms with van der Waals surface area (Å²) in [7, 11) is 0. The summed E-state index contributed by atoms with van der Waals surface area (Å²) in [4.78, 5) is 28.8. The van der Waals surface area contributed by atoms with Crippen LogP contribution in [0.1, 0.15) is 16.8 Å². The number of halogens is 1. The van der Waals surface area contributed by atoms with Gasteiger partial charge in [0.1, 0.15) is 11.5 Å². The molecule has 0 spiro atoms. The first kappa shape index (κ1) is 22.1. The molecule has 0 saturated heterocycles. The fourth-order valence-corrected chi connectivity index (χ4v) is 3.25. The van der Waals surface area contributed by atoms with E-state index in [1.807, 2.05) is 16.7 Å². The Morgan fingerprint density at radius 1 is 0.939 bits per heavy atom. The number of para-hydroxylation sites is 1. The molecule has 3 aromatic carbocycles. The maximum atomic E-state index is 12.7. The van der Waals surface area contributed by atoms with E-state index in [1.54, 1.807) is 79.4 Å². The molecule has 166 valence electrons. The summed E-state index contributed by atoms with van der Waals surface area (Å²) in [6.45, 7) is 0.530. The Labute approximate surface area is 196 Å². The molecular formula is C25H21ClN4O3. The minimum Gasteiger partial charge on any atom is -0.456 e. The Bertz CT molecular complexity index is 1240. The maximum absolute atomic E-state index is 12.7. The number of nitrogens with one attached hydrogen (secondary N) is 2. The summed E-state index contributed by atoms with van der Waals surface area (Å²) in [5.74, 6) is 0.723. The van der Waals surface area contributed by atoms with Gasteiger partial charge in [-0.05, 0) is 54.6 Å². The predicted molar refractivity (Wildman–Crippen MR) is 128 cm³/mol. The smallest absolute Gasteiger partial charge is 0.255 e. The fourth-order valence-electron chi connectivity index (χ4n) is 3.08. The molecular weight excluding hydrogens is 440 g/mol. The number of carbonyl (C=O) groups excluding carboxylic acids is 2. The number of carbonyl (C=O) groups is 2. The number of benzene rings is 3. The van der Waals surface area contributed by atoms with Crippen LogP contribution in [0.15, 0.2) is 91.5 Å². The van der Waals surface area contributed by atoms with Crippen LogP contribution in [0.4, 0.5) is 11.4 Å². The van der Waals surface area contributed by atoms with E-state index in [4.69, 9.17) is 16.3 Å². The normalized spacial score (nSPS) is 10.5. The third-order valence-electron chi connectivity index (χ3n) is 4.74. The minimum absolute atomic E-state index is 0.143. The highest BCUT2D eigenvalue weighted by Gasteiger charge is 2.09. The molecule has 8 heteroatoms. The molecule has 1 aromatic heterocycles. The zero-order valence-electron chi connectivity index (χ0n) is 17.6. The van der Waals surface area contributed by atoms with E-state index in [9.17, 15) is 9.59 Å². The lowest BCUT2D eigenvalue weighted by Crippen LogP contribution is -2.15. The number of ether oxygens (including phenoxy) is 1. The third-order valence-corrected chi connectivity index (χ3v) is 5.05. The molecule has 2 amide bonds. The zero-order chi connectivity index (χ0) is 23.0. The number of anilines is 2. The second-order valence-electron chi connectivity index (χ2n) is 7.19. The van der Waals surface area contributed by atoms with Gasteiger partial charge >= 0.3 is 0 Å². The van der Waals surface area contributed by atoms with E-state index in [0.717, 1.165) is 0 Å². The summed E-state index contributed by atoms with van der Waals surface area (Å²) in [6, 6.07) is 21.0. The molecule has 0 bridgehead atoms. The van der Waals surface area contributed by atoms with Gasteiger partial charge in [-0.15, -0.1) is 0 Å². The largest absolute Gasteiger partial charge is 0.456 e. The number of hydrogen-bond acceptors (Lipinski definition) is 4. The maximum Gasteiger partial charge on any atom is 0.255 e. The third kappa shape index (κ3) is 6.21. The first-order valence-electron chi connectivity index (χ1n) is 10.3. The lowest BCUT2D eigenvalue weighted by Gasteiger charge is -2.10. The van der Waals surface area contributed by atoms with Crippen molar-refractivity contribution in [1.29, 1.82) is 0 Å². The van der Waals surface area contributed by atoms with Crippen molar-refractivity contribution in [3.8, 4) is 11.5 Å². The van der Waals surface area contributed by atoms with Crippen LogP contribution < -0.4 is 15.4 Å². The monoisotopic (exact) mass is 460 g/mol. The van der Waals surface area contributed by atoms with E-state index >= 15 is 0 Å². The molecule has 0 aliphatic rings. The lowest BCUT2D eigenvalue weighted by atomic mass is 10.1. The van der Waals surface area contributed by atoms with Crippen molar-refractivity contribution < 1.29 is 14.3 Å². The SMILES string of the molecule is O=C(CCn1ccnc1)Nc1cccc(C(=O)Nc2ccc(Oc3ccccc3Cl)cc2)c1. The van der Waals surface area contributed by atoms with Gasteiger partial charge in [-0.3, -0.25) is 9.59 Å². The summed E-state index contributed by atoms with van der Waals surface area (Å²) in [5, 5.41) is 6.18. The second-order valence-corrected chi connectivity index (χ2v) is 7.60. The van der Waals surface area contributed by atoms with Gasteiger partial charge in [-0.2, -0.15) is 0 Å².